The van der Waals surface area contributed by atoms with Crippen LogP contribution in [-0.4, -0.2) is 87.4 Å². The van der Waals surface area contributed by atoms with Crippen molar-refractivity contribution in [2.75, 3.05) is 20.2 Å². The summed E-state index contributed by atoms with van der Waals surface area (Å²) in [7, 11) is 1.25. The molecule has 312 valence electrons. The highest BCUT2D eigenvalue weighted by atomic mass is 19.3. The van der Waals surface area contributed by atoms with E-state index in [2.05, 4.69) is 49.6 Å². The normalized spacial score (nSPS) is 22.0. The van der Waals surface area contributed by atoms with Crippen LogP contribution in [0, 0.1) is 23.7 Å². The van der Waals surface area contributed by atoms with Gasteiger partial charge in [0.1, 0.15) is 23.7 Å². The number of hydrogen-bond donors (Lipinski definition) is 5. The zero-order valence-corrected chi connectivity index (χ0v) is 33.8. The van der Waals surface area contributed by atoms with Crippen molar-refractivity contribution in [2.24, 2.45) is 23.7 Å². The summed E-state index contributed by atoms with van der Waals surface area (Å²) < 4.78 is 30.3. The number of likely N-dealkylation sites (tertiary alicyclic amines) is 1. The topological polar surface area (TPSA) is 174 Å². The number of carbonyl (C=O) groups excluding carboxylic acids is 4. The number of halogens is 2. The number of nitrogens with one attached hydrogen (secondary N) is 5. The van der Waals surface area contributed by atoms with E-state index in [-0.39, 0.29) is 47.4 Å². The Morgan fingerprint density at radius 3 is 2.02 bits per heavy atom. The maximum atomic E-state index is 13.8. The molecule has 4 unspecified atom stereocenters. The van der Waals surface area contributed by atoms with Gasteiger partial charge >= 0.3 is 6.09 Å². The van der Waals surface area contributed by atoms with Gasteiger partial charge in [0.05, 0.1) is 49.4 Å². The standard InChI is InChI=1S/C44H52F2N8O5/c1-23(2)37(42(56)49-22-34(45)46)52-41(55)36-30-17-16-29(19-30)35(36)40-48-21-32(51-40)28-14-10-26(11-15-28)25-8-12-27(13-9-25)31-20-47-39(50-31)33-7-6-18-54(33)43(57)38(24(3)4)53-44(58)59-5/h8-15,20-21,23,29-30,33-38H,3,6-7,16-19,22H2,1-2,4-5H3,(H,47,50)(H,48,51)(H,49,56)(H,52,55)(H,53,58)/t29?,30?,33-,35?,36?,37+,38-/m0/s1. The van der Waals surface area contributed by atoms with Crippen molar-refractivity contribution in [2.45, 2.75) is 83.3 Å². The summed E-state index contributed by atoms with van der Waals surface area (Å²) in [6.07, 6.45) is 4.59. The summed E-state index contributed by atoms with van der Waals surface area (Å²) in [5.41, 5.74) is 6.12. The molecule has 2 aliphatic carbocycles. The molecule has 4 aromatic rings. The summed E-state index contributed by atoms with van der Waals surface area (Å²) in [5, 5.41) is 7.74. The fourth-order valence-corrected chi connectivity index (χ4v) is 9.18. The van der Waals surface area contributed by atoms with E-state index in [1.807, 2.05) is 36.4 Å². The number of aromatic amines is 2. The molecular weight excluding hydrogens is 759 g/mol. The number of methoxy groups -OCH3 is 1. The molecule has 2 aromatic heterocycles. The number of nitrogens with zero attached hydrogens (tertiary/aromatic N) is 3. The Balaban J connectivity index is 1.00. The third kappa shape index (κ3) is 8.79. The summed E-state index contributed by atoms with van der Waals surface area (Å²) in [6, 6.07) is 14.3. The number of H-pyrrole nitrogens is 2. The van der Waals surface area contributed by atoms with Crippen molar-refractivity contribution in [3.63, 3.8) is 0 Å². The zero-order chi connectivity index (χ0) is 42.0. The quantitative estimate of drug-likeness (QED) is 0.0877. The highest BCUT2D eigenvalue weighted by molar-refractivity contribution is 5.90. The highest BCUT2D eigenvalue weighted by Gasteiger charge is 2.53. The average Bonchev–Trinajstić information content (AvgIpc) is 4.09. The molecular formula is C44H52F2N8O5. The number of amides is 4. The fraction of sp³-hybridized carbons (Fsp3) is 0.455. The second-order valence-electron chi connectivity index (χ2n) is 16.4. The lowest BCUT2D eigenvalue weighted by Gasteiger charge is -2.31. The molecule has 2 saturated carbocycles. The van der Waals surface area contributed by atoms with E-state index in [1.165, 1.54) is 7.11 Å². The number of aromatic nitrogens is 4. The Kier molecular flexibility index (Phi) is 12.3. The van der Waals surface area contributed by atoms with Gasteiger partial charge in [0.2, 0.25) is 17.7 Å². The number of alkyl halides is 2. The number of rotatable bonds is 14. The largest absolute Gasteiger partial charge is 0.453 e. The van der Waals surface area contributed by atoms with Gasteiger partial charge in [-0.2, -0.15) is 0 Å². The van der Waals surface area contributed by atoms with Crippen molar-refractivity contribution in [1.82, 2.24) is 40.8 Å². The van der Waals surface area contributed by atoms with Gasteiger partial charge in [-0.3, -0.25) is 14.4 Å². The molecule has 2 aromatic carbocycles. The molecule has 7 atom stereocenters. The molecule has 1 saturated heterocycles. The predicted octanol–water partition coefficient (Wildman–Crippen LogP) is 6.75. The highest BCUT2D eigenvalue weighted by Crippen LogP contribution is 2.56. The molecule has 0 spiro atoms. The predicted molar refractivity (Wildman–Crippen MR) is 218 cm³/mol. The number of benzene rings is 2. The molecule has 4 amide bonds. The zero-order valence-electron chi connectivity index (χ0n) is 33.8. The van der Waals surface area contributed by atoms with Crippen LogP contribution in [0.4, 0.5) is 13.6 Å². The molecule has 3 heterocycles. The lowest BCUT2D eigenvalue weighted by atomic mass is 9.78. The smallest absolute Gasteiger partial charge is 0.407 e. The number of ether oxygens (including phenoxy) is 1. The molecule has 3 aliphatic rings. The fourth-order valence-electron chi connectivity index (χ4n) is 9.18. The molecule has 0 radical (unpaired) electrons. The van der Waals surface area contributed by atoms with E-state index in [4.69, 9.17) is 9.72 Å². The molecule has 59 heavy (non-hydrogen) atoms. The Morgan fingerprint density at radius 1 is 0.864 bits per heavy atom. The van der Waals surface area contributed by atoms with Crippen LogP contribution < -0.4 is 16.0 Å². The minimum Gasteiger partial charge on any atom is -0.453 e. The molecule has 3 fully saturated rings. The summed E-state index contributed by atoms with van der Waals surface area (Å²) in [6.45, 7) is 8.95. The van der Waals surface area contributed by atoms with Crippen molar-refractivity contribution < 1.29 is 32.7 Å². The molecule has 1 aliphatic heterocycles. The number of hydrogen-bond acceptors (Lipinski definition) is 7. The van der Waals surface area contributed by atoms with Gasteiger partial charge in [0.15, 0.2) is 0 Å². The maximum absolute atomic E-state index is 13.8. The monoisotopic (exact) mass is 810 g/mol. The van der Waals surface area contributed by atoms with Crippen LogP contribution >= 0.6 is 0 Å². The Morgan fingerprint density at radius 2 is 1.44 bits per heavy atom. The maximum Gasteiger partial charge on any atom is 0.407 e. The Hall–Kier alpha value is -5.86. The first-order valence-corrected chi connectivity index (χ1v) is 20.3. The van der Waals surface area contributed by atoms with Gasteiger partial charge < -0.3 is 35.6 Å². The van der Waals surface area contributed by atoms with E-state index in [1.54, 1.807) is 38.1 Å². The second kappa shape index (κ2) is 17.6. The van der Waals surface area contributed by atoms with Crippen molar-refractivity contribution in [3.05, 3.63) is 84.7 Å². The number of alkyl carbamates (subject to hydrolysis) is 1. The second-order valence-corrected chi connectivity index (χ2v) is 16.4. The number of carbonyl (C=O) groups is 4. The van der Waals surface area contributed by atoms with Crippen LogP contribution in [0.15, 0.2) is 73.1 Å². The van der Waals surface area contributed by atoms with E-state index in [0.717, 1.165) is 71.6 Å². The van der Waals surface area contributed by atoms with Gasteiger partial charge in [-0.05, 0) is 84.6 Å². The van der Waals surface area contributed by atoms with E-state index >= 15 is 0 Å². The van der Waals surface area contributed by atoms with Gasteiger partial charge in [-0.1, -0.05) is 69.0 Å². The minimum atomic E-state index is -2.67. The Bertz CT molecular complexity index is 2170. The van der Waals surface area contributed by atoms with Gasteiger partial charge in [0.25, 0.3) is 6.43 Å². The van der Waals surface area contributed by atoms with Crippen LogP contribution in [0.2, 0.25) is 0 Å². The summed E-state index contributed by atoms with van der Waals surface area (Å²) >= 11 is 0. The van der Waals surface area contributed by atoms with Crippen molar-refractivity contribution in [1.29, 1.82) is 0 Å². The third-order valence-corrected chi connectivity index (χ3v) is 12.2. The summed E-state index contributed by atoms with van der Waals surface area (Å²) in [5.74, 6) is 0.0237. The third-order valence-electron chi connectivity index (χ3n) is 12.2. The molecule has 2 bridgehead atoms. The molecule has 15 heteroatoms. The first kappa shape index (κ1) is 41.3. The van der Waals surface area contributed by atoms with Crippen LogP contribution in [-0.2, 0) is 19.1 Å². The lowest BCUT2D eigenvalue weighted by Crippen LogP contribution is -2.53. The van der Waals surface area contributed by atoms with Crippen LogP contribution in [0.5, 0.6) is 0 Å². The van der Waals surface area contributed by atoms with Crippen LogP contribution in [0.3, 0.4) is 0 Å². The van der Waals surface area contributed by atoms with Gasteiger partial charge in [-0.15, -0.1) is 0 Å². The number of fused-ring (bicyclic) bond motifs is 2. The first-order valence-electron chi connectivity index (χ1n) is 20.3. The minimum absolute atomic E-state index is 0.132. The molecule has 5 N–H and O–H groups in total. The van der Waals surface area contributed by atoms with Crippen molar-refractivity contribution >= 4 is 23.8 Å². The molecule has 13 nitrogen and oxygen atoms in total. The van der Waals surface area contributed by atoms with E-state index in [0.29, 0.717) is 17.9 Å². The summed E-state index contributed by atoms with van der Waals surface area (Å²) in [4.78, 5) is 70.0. The number of imidazole rings is 2. The Labute approximate surface area is 342 Å². The first-order chi connectivity index (χ1) is 28.3. The van der Waals surface area contributed by atoms with E-state index < -0.39 is 37.1 Å². The van der Waals surface area contributed by atoms with Gasteiger partial charge in [0, 0.05) is 12.5 Å². The lowest BCUT2D eigenvalue weighted by molar-refractivity contribution is -0.133. The average molecular weight is 811 g/mol. The van der Waals surface area contributed by atoms with Crippen LogP contribution in [0.25, 0.3) is 33.6 Å². The van der Waals surface area contributed by atoms with E-state index in [9.17, 15) is 28.0 Å². The molecule has 7 rings (SSSR count). The SMILES string of the molecule is C=C(C)[C@H](NC(=O)OC)C(=O)N1CCC[C@H]1c1ncc(-c2ccc(-c3ccc(-c4cnc(C5C6CCC(C6)C5C(=O)N[C@@H](C(=O)NCC(F)F)C(C)C)[nH]4)cc3)cc2)[nH]1. The van der Waals surface area contributed by atoms with Gasteiger partial charge in [-0.25, -0.2) is 23.5 Å². The van der Waals surface area contributed by atoms with Crippen LogP contribution in [0.1, 0.15) is 76.5 Å². The van der Waals surface area contributed by atoms with Crippen molar-refractivity contribution in [3.8, 4) is 33.6 Å².